The smallest absolute Gasteiger partial charge is 0.307 e. The largest absolute Gasteiger partial charge is 0.481 e. The van der Waals surface area contributed by atoms with Crippen LogP contribution in [0.25, 0.3) is 0 Å². The molecule has 0 aromatic rings. The number of amides is 1. The Balaban J connectivity index is 1.93. The first-order valence-electron chi connectivity index (χ1n) is 7.10. The van der Waals surface area contributed by atoms with Crippen LogP contribution in [0.15, 0.2) is 0 Å². The summed E-state index contributed by atoms with van der Waals surface area (Å²) < 4.78 is 0. The van der Waals surface area contributed by atoms with E-state index in [1.807, 2.05) is 11.9 Å². The van der Waals surface area contributed by atoms with E-state index in [0.29, 0.717) is 12.5 Å². The van der Waals surface area contributed by atoms with Crippen LogP contribution in [-0.2, 0) is 9.59 Å². The number of carbonyl (C=O) groups is 2. The molecule has 0 aromatic carbocycles. The van der Waals surface area contributed by atoms with Crippen LogP contribution in [0.2, 0.25) is 0 Å². The van der Waals surface area contributed by atoms with Gasteiger partial charge in [-0.1, -0.05) is 25.7 Å². The van der Waals surface area contributed by atoms with Gasteiger partial charge in [-0.15, -0.1) is 0 Å². The van der Waals surface area contributed by atoms with Gasteiger partial charge in [0, 0.05) is 13.1 Å². The number of carboxylic acid groups (broad SMARTS) is 1. The van der Waals surface area contributed by atoms with Crippen molar-refractivity contribution in [2.45, 2.75) is 57.4 Å². The zero-order chi connectivity index (χ0) is 13.1. The van der Waals surface area contributed by atoms with Gasteiger partial charge in [-0.25, -0.2) is 0 Å². The highest BCUT2D eigenvalue weighted by molar-refractivity contribution is 5.86. The Hall–Kier alpha value is -1.06. The number of carbonyl (C=O) groups excluding carboxylic acids is 1. The van der Waals surface area contributed by atoms with Gasteiger partial charge in [0.1, 0.15) is 0 Å². The van der Waals surface area contributed by atoms with Gasteiger partial charge in [-0.3, -0.25) is 9.59 Å². The molecule has 1 amide bonds. The summed E-state index contributed by atoms with van der Waals surface area (Å²) in [5.41, 5.74) is 0. The topological polar surface area (TPSA) is 57.6 Å². The van der Waals surface area contributed by atoms with Crippen molar-refractivity contribution in [2.24, 2.45) is 11.8 Å². The van der Waals surface area contributed by atoms with E-state index in [1.54, 1.807) is 0 Å². The average Bonchev–Trinajstić information content (AvgIpc) is 2.53. The molecule has 18 heavy (non-hydrogen) atoms. The summed E-state index contributed by atoms with van der Waals surface area (Å²) in [4.78, 5) is 25.1. The van der Waals surface area contributed by atoms with Crippen LogP contribution in [0, 0.1) is 11.8 Å². The Labute approximate surface area is 108 Å². The third kappa shape index (κ3) is 2.68. The van der Waals surface area contributed by atoms with Gasteiger partial charge >= 0.3 is 5.97 Å². The third-order valence-electron chi connectivity index (χ3n) is 4.63. The minimum Gasteiger partial charge on any atom is -0.481 e. The number of nitrogens with zero attached hydrogens (tertiary/aromatic N) is 1. The maximum Gasteiger partial charge on any atom is 0.307 e. The molecule has 102 valence electrons. The van der Waals surface area contributed by atoms with Gasteiger partial charge in [0.05, 0.1) is 11.8 Å². The summed E-state index contributed by atoms with van der Waals surface area (Å²) in [5.74, 6) is -1.46. The highest BCUT2D eigenvalue weighted by Gasteiger charge is 2.43. The molecular weight excluding hydrogens is 230 g/mol. The quantitative estimate of drug-likeness (QED) is 0.785. The van der Waals surface area contributed by atoms with E-state index in [9.17, 15) is 9.59 Å². The summed E-state index contributed by atoms with van der Waals surface area (Å²) in [7, 11) is 1.86. The molecule has 0 spiro atoms. The Kier molecular flexibility index (Phi) is 4.25. The van der Waals surface area contributed by atoms with Gasteiger partial charge in [0.15, 0.2) is 0 Å². The number of hydrogen-bond acceptors (Lipinski definition) is 2. The van der Waals surface area contributed by atoms with E-state index in [2.05, 4.69) is 0 Å². The fourth-order valence-corrected chi connectivity index (χ4v) is 3.18. The minimum absolute atomic E-state index is 0.0561. The van der Waals surface area contributed by atoms with Crippen LogP contribution in [0.5, 0.6) is 0 Å². The summed E-state index contributed by atoms with van der Waals surface area (Å²) in [6.07, 6.45) is 8.46. The van der Waals surface area contributed by atoms with E-state index in [-0.39, 0.29) is 11.8 Å². The molecule has 2 aliphatic carbocycles. The SMILES string of the molecule is CN(C(=O)C1CCC1C(=O)O)C1CCCCCC1. The molecule has 1 N–H and O–H groups in total. The Morgan fingerprint density at radius 3 is 1.94 bits per heavy atom. The fourth-order valence-electron chi connectivity index (χ4n) is 3.18. The highest BCUT2D eigenvalue weighted by Crippen LogP contribution is 2.36. The second kappa shape index (κ2) is 5.72. The predicted molar refractivity (Wildman–Crippen MR) is 68.1 cm³/mol. The van der Waals surface area contributed by atoms with Crippen molar-refractivity contribution < 1.29 is 14.7 Å². The van der Waals surface area contributed by atoms with Crippen LogP contribution >= 0.6 is 0 Å². The summed E-state index contributed by atoms with van der Waals surface area (Å²) in [6.45, 7) is 0. The molecule has 0 saturated heterocycles. The zero-order valence-electron chi connectivity index (χ0n) is 11.1. The molecule has 2 unspecified atom stereocenters. The van der Waals surface area contributed by atoms with Gasteiger partial charge in [-0.2, -0.15) is 0 Å². The van der Waals surface area contributed by atoms with Crippen molar-refractivity contribution in [3.63, 3.8) is 0 Å². The molecule has 4 nitrogen and oxygen atoms in total. The molecular formula is C14H23NO3. The van der Waals surface area contributed by atoms with E-state index < -0.39 is 11.9 Å². The van der Waals surface area contributed by atoms with E-state index in [4.69, 9.17) is 5.11 Å². The van der Waals surface area contributed by atoms with Gasteiger partial charge in [0.2, 0.25) is 5.91 Å². The maximum absolute atomic E-state index is 12.3. The summed E-state index contributed by atoms with van der Waals surface area (Å²) >= 11 is 0. The monoisotopic (exact) mass is 253 g/mol. The van der Waals surface area contributed by atoms with E-state index >= 15 is 0 Å². The molecule has 2 atom stereocenters. The standard InChI is InChI=1S/C14H23NO3/c1-15(10-6-4-2-3-5-7-10)13(16)11-8-9-12(11)14(17)18/h10-12H,2-9H2,1H3,(H,17,18). The first kappa shape index (κ1) is 13.4. The van der Waals surface area contributed by atoms with Crippen LogP contribution in [0.4, 0.5) is 0 Å². The normalized spacial score (nSPS) is 29.2. The first-order chi connectivity index (χ1) is 8.61. The van der Waals surface area contributed by atoms with Gasteiger partial charge < -0.3 is 10.0 Å². The second-order valence-electron chi connectivity index (χ2n) is 5.72. The Morgan fingerprint density at radius 2 is 1.50 bits per heavy atom. The average molecular weight is 253 g/mol. The Morgan fingerprint density at radius 1 is 0.944 bits per heavy atom. The molecule has 0 radical (unpaired) electrons. The van der Waals surface area contributed by atoms with Gasteiger partial charge in [0.25, 0.3) is 0 Å². The maximum atomic E-state index is 12.3. The van der Waals surface area contributed by atoms with Crippen molar-refractivity contribution in [2.75, 3.05) is 7.05 Å². The predicted octanol–water partition coefficient (Wildman–Crippen LogP) is 2.28. The van der Waals surface area contributed by atoms with Crippen LogP contribution in [0.1, 0.15) is 51.4 Å². The van der Waals surface area contributed by atoms with Crippen molar-refractivity contribution in [3.05, 3.63) is 0 Å². The van der Waals surface area contributed by atoms with Crippen LogP contribution in [0.3, 0.4) is 0 Å². The lowest BCUT2D eigenvalue weighted by Crippen LogP contribution is -2.48. The molecule has 2 rings (SSSR count). The van der Waals surface area contributed by atoms with Crippen molar-refractivity contribution in [1.82, 2.24) is 4.90 Å². The summed E-state index contributed by atoms with van der Waals surface area (Å²) in [6, 6.07) is 0.329. The van der Waals surface area contributed by atoms with Crippen LogP contribution in [-0.4, -0.2) is 35.0 Å². The lowest BCUT2D eigenvalue weighted by atomic mass is 9.72. The molecule has 2 aliphatic rings. The van der Waals surface area contributed by atoms with Crippen molar-refractivity contribution in [3.8, 4) is 0 Å². The van der Waals surface area contributed by atoms with Crippen molar-refractivity contribution >= 4 is 11.9 Å². The first-order valence-corrected chi connectivity index (χ1v) is 7.10. The number of hydrogen-bond donors (Lipinski definition) is 1. The third-order valence-corrected chi connectivity index (χ3v) is 4.63. The molecule has 2 saturated carbocycles. The zero-order valence-corrected chi connectivity index (χ0v) is 11.1. The molecule has 0 aliphatic heterocycles. The lowest BCUT2D eigenvalue weighted by Gasteiger charge is -2.37. The molecule has 4 heteroatoms. The number of aliphatic carboxylic acids is 1. The molecule has 2 fully saturated rings. The highest BCUT2D eigenvalue weighted by atomic mass is 16.4. The van der Waals surface area contributed by atoms with E-state index in [0.717, 1.165) is 19.3 Å². The Bertz CT molecular complexity index is 321. The van der Waals surface area contributed by atoms with Crippen LogP contribution < -0.4 is 0 Å². The lowest BCUT2D eigenvalue weighted by molar-refractivity contribution is -0.157. The van der Waals surface area contributed by atoms with Gasteiger partial charge in [-0.05, 0) is 25.7 Å². The molecule has 0 aromatic heterocycles. The number of rotatable bonds is 3. The second-order valence-corrected chi connectivity index (χ2v) is 5.72. The van der Waals surface area contributed by atoms with E-state index in [1.165, 1.54) is 25.7 Å². The minimum atomic E-state index is -0.811. The fraction of sp³-hybridized carbons (Fsp3) is 0.857. The molecule has 0 bridgehead atoms. The van der Waals surface area contributed by atoms with Crippen molar-refractivity contribution in [1.29, 1.82) is 0 Å². The summed E-state index contributed by atoms with van der Waals surface area (Å²) in [5, 5.41) is 9.02. The number of carboxylic acids is 1. The molecule has 0 heterocycles.